The van der Waals surface area contributed by atoms with Gasteiger partial charge in [-0.2, -0.15) is 5.10 Å². The van der Waals surface area contributed by atoms with Crippen molar-refractivity contribution in [2.24, 2.45) is 5.84 Å². The van der Waals surface area contributed by atoms with E-state index in [1.54, 1.807) is 0 Å². The molecule has 0 spiro atoms. The predicted octanol–water partition coefficient (Wildman–Crippen LogP) is 2.58. The van der Waals surface area contributed by atoms with Gasteiger partial charge in [-0.15, -0.1) is 0 Å². The van der Waals surface area contributed by atoms with Crippen LogP contribution in [0.25, 0.3) is 0 Å². The number of nitrogens with one attached hydrogen (secondary N) is 1. The first-order valence-electron chi connectivity index (χ1n) is 8.21. The lowest BCUT2D eigenvalue weighted by Crippen LogP contribution is -2.48. The summed E-state index contributed by atoms with van der Waals surface area (Å²) in [6, 6.07) is 2.83. The summed E-state index contributed by atoms with van der Waals surface area (Å²) in [4.78, 5) is 0. The van der Waals surface area contributed by atoms with Gasteiger partial charge >= 0.3 is 0 Å². The summed E-state index contributed by atoms with van der Waals surface area (Å²) >= 11 is 0. The third-order valence-electron chi connectivity index (χ3n) is 4.99. The van der Waals surface area contributed by atoms with Gasteiger partial charge in [-0.05, 0) is 44.6 Å². The minimum absolute atomic E-state index is 0.0367. The lowest BCUT2D eigenvalue weighted by atomic mass is 9.75. The fraction of sp³-hybridized carbons (Fsp3) is 0.812. The van der Waals surface area contributed by atoms with Crippen molar-refractivity contribution in [3.63, 3.8) is 0 Å². The minimum atomic E-state index is 0.0367. The molecular formula is C16H30N4O. The van der Waals surface area contributed by atoms with Crippen LogP contribution < -0.4 is 11.3 Å². The molecule has 0 radical (unpaired) electrons. The second kappa shape index (κ2) is 7.38. The summed E-state index contributed by atoms with van der Waals surface area (Å²) in [5.74, 6) is 5.74. The molecule has 1 atom stereocenters. The Morgan fingerprint density at radius 2 is 2.14 bits per heavy atom. The Hall–Kier alpha value is -0.910. The molecule has 0 bridgehead atoms. The van der Waals surface area contributed by atoms with Crippen LogP contribution in [0.2, 0.25) is 0 Å². The van der Waals surface area contributed by atoms with Gasteiger partial charge in [0.15, 0.2) is 0 Å². The monoisotopic (exact) mass is 294 g/mol. The molecule has 2 rings (SSSR count). The van der Waals surface area contributed by atoms with Crippen molar-refractivity contribution in [1.82, 2.24) is 15.2 Å². The molecule has 0 aliphatic heterocycles. The highest BCUT2D eigenvalue weighted by molar-refractivity contribution is 5.04. The fourth-order valence-electron chi connectivity index (χ4n) is 3.31. The molecule has 0 amide bonds. The Morgan fingerprint density at radius 1 is 1.43 bits per heavy atom. The second-order valence-corrected chi connectivity index (χ2v) is 6.27. The van der Waals surface area contributed by atoms with E-state index in [1.165, 1.54) is 6.42 Å². The molecule has 1 aromatic rings. The van der Waals surface area contributed by atoms with Gasteiger partial charge in [0.1, 0.15) is 0 Å². The molecule has 21 heavy (non-hydrogen) atoms. The number of hydrazine groups is 1. The number of ether oxygens (including phenoxy) is 1. The fourth-order valence-corrected chi connectivity index (χ4v) is 3.31. The summed E-state index contributed by atoms with van der Waals surface area (Å²) in [5.41, 5.74) is 4.09. The number of hydrogen-bond acceptors (Lipinski definition) is 4. The van der Waals surface area contributed by atoms with Crippen LogP contribution in [0.4, 0.5) is 0 Å². The molecule has 120 valence electrons. The highest BCUT2D eigenvalue weighted by Crippen LogP contribution is 2.39. The second-order valence-electron chi connectivity index (χ2n) is 6.27. The zero-order chi connectivity index (χ0) is 15.3. The Labute approximate surface area is 128 Å². The van der Waals surface area contributed by atoms with Crippen molar-refractivity contribution < 1.29 is 4.74 Å². The summed E-state index contributed by atoms with van der Waals surface area (Å²) in [6.45, 7) is 4.41. The Kier molecular flexibility index (Phi) is 5.79. The molecule has 1 aliphatic carbocycles. The van der Waals surface area contributed by atoms with E-state index in [4.69, 9.17) is 15.7 Å². The van der Waals surface area contributed by atoms with Crippen molar-refractivity contribution >= 4 is 0 Å². The average Bonchev–Trinajstić information content (AvgIpc) is 2.91. The third kappa shape index (κ3) is 3.84. The number of nitrogens with zero attached hydrogens (tertiary/aromatic N) is 2. The van der Waals surface area contributed by atoms with E-state index < -0.39 is 0 Å². The molecule has 1 fully saturated rings. The van der Waals surface area contributed by atoms with Crippen LogP contribution in [0.3, 0.4) is 0 Å². The predicted molar refractivity (Wildman–Crippen MR) is 84.9 cm³/mol. The first-order chi connectivity index (χ1) is 10.2. The van der Waals surface area contributed by atoms with Crippen LogP contribution in [0.1, 0.15) is 64.1 Å². The van der Waals surface area contributed by atoms with E-state index >= 15 is 0 Å². The van der Waals surface area contributed by atoms with E-state index in [0.717, 1.165) is 44.2 Å². The van der Waals surface area contributed by atoms with Crippen molar-refractivity contribution in [3.05, 3.63) is 18.0 Å². The highest BCUT2D eigenvalue weighted by atomic mass is 16.5. The van der Waals surface area contributed by atoms with Crippen LogP contribution in [0, 0.1) is 0 Å². The molecule has 5 nitrogen and oxygen atoms in total. The van der Waals surface area contributed by atoms with Crippen LogP contribution >= 0.6 is 0 Å². The Balaban J connectivity index is 1.95. The largest absolute Gasteiger partial charge is 0.378 e. The number of hydrogen-bond donors (Lipinski definition) is 2. The SMILES string of the molecule is CCC(CC)n1ccc(CC(CC2(OC)CCC2)NN)n1. The lowest BCUT2D eigenvalue weighted by molar-refractivity contribution is -0.0834. The van der Waals surface area contributed by atoms with Gasteiger partial charge in [0, 0.05) is 25.8 Å². The van der Waals surface area contributed by atoms with Crippen LogP contribution in [0.5, 0.6) is 0 Å². The van der Waals surface area contributed by atoms with Crippen LogP contribution in [-0.4, -0.2) is 28.5 Å². The number of methoxy groups -OCH3 is 1. The molecule has 5 heteroatoms. The van der Waals surface area contributed by atoms with Gasteiger partial charge in [-0.1, -0.05) is 13.8 Å². The Morgan fingerprint density at radius 3 is 2.62 bits per heavy atom. The zero-order valence-electron chi connectivity index (χ0n) is 13.6. The quantitative estimate of drug-likeness (QED) is 0.543. The standard InChI is InChI=1S/C16H30N4O/c1-4-15(5-2)20-10-7-13(19-20)11-14(18-17)12-16(21-3)8-6-9-16/h7,10,14-15,18H,4-6,8-9,11-12,17H2,1-3H3. The molecule has 1 heterocycles. The molecule has 0 aromatic carbocycles. The van der Waals surface area contributed by atoms with Gasteiger partial charge < -0.3 is 4.74 Å². The maximum atomic E-state index is 5.74. The van der Waals surface area contributed by atoms with E-state index in [0.29, 0.717) is 6.04 Å². The van der Waals surface area contributed by atoms with Crippen LogP contribution in [0.15, 0.2) is 12.3 Å². The lowest BCUT2D eigenvalue weighted by Gasteiger charge is -2.42. The van der Waals surface area contributed by atoms with Gasteiger partial charge in [-0.25, -0.2) is 0 Å². The summed E-state index contributed by atoms with van der Waals surface area (Å²) in [7, 11) is 1.81. The average molecular weight is 294 g/mol. The van der Waals surface area contributed by atoms with E-state index in [-0.39, 0.29) is 11.6 Å². The first kappa shape index (κ1) is 16.5. The summed E-state index contributed by atoms with van der Waals surface area (Å²) < 4.78 is 7.80. The molecular weight excluding hydrogens is 264 g/mol. The third-order valence-corrected chi connectivity index (χ3v) is 4.99. The topological polar surface area (TPSA) is 65.1 Å². The van der Waals surface area contributed by atoms with Crippen LogP contribution in [-0.2, 0) is 11.2 Å². The smallest absolute Gasteiger partial charge is 0.0694 e. The summed E-state index contributed by atoms with van der Waals surface area (Å²) in [6.07, 6.45) is 9.68. The van der Waals surface area contributed by atoms with Gasteiger partial charge in [0.25, 0.3) is 0 Å². The van der Waals surface area contributed by atoms with Crippen molar-refractivity contribution in [1.29, 1.82) is 0 Å². The maximum Gasteiger partial charge on any atom is 0.0694 e. The number of rotatable bonds is 9. The maximum absolute atomic E-state index is 5.74. The molecule has 1 unspecified atom stereocenters. The molecule has 0 saturated heterocycles. The number of aromatic nitrogens is 2. The van der Waals surface area contributed by atoms with E-state index in [2.05, 4.69) is 36.2 Å². The summed E-state index contributed by atoms with van der Waals surface area (Å²) in [5, 5.41) is 4.72. The zero-order valence-corrected chi connectivity index (χ0v) is 13.6. The van der Waals surface area contributed by atoms with Gasteiger partial charge in [0.2, 0.25) is 0 Å². The van der Waals surface area contributed by atoms with Gasteiger partial charge in [-0.3, -0.25) is 16.0 Å². The van der Waals surface area contributed by atoms with E-state index in [9.17, 15) is 0 Å². The highest BCUT2D eigenvalue weighted by Gasteiger charge is 2.38. The molecule has 3 N–H and O–H groups in total. The van der Waals surface area contributed by atoms with Gasteiger partial charge in [0.05, 0.1) is 17.3 Å². The minimum Gasteiger partial charge on any atom is -0.378 e. The molecule has 1 aliphatic rings. The molecule has 1 aromatic heterocycles. The Bertz CT molecular complexity index is 418. The van der Waals surface area contributed by atoms with E-state index in [1.807, 2.05) is 7.11 Å². The normalized spacial score (nSPS) is 18.7. The number of nitrogens with two attached hydrogens (primary N) is 1. The van der Waals surface area contributed by atoms with Crippen molar-refractivity contribution in [3.8, 4) is 0 Å². The van der Waals surface area contributed by atoms with Crippen molar-refractivity contribution in [2.45, 2.75) is 76.5 Å². The van der Waals surface area contributed by atoms with Crippen molar-refractivity contribution in [2.75, 3.05) is 7.11 Å². The molecule has 1 saturated carbocycles. The first-order valence-corrected chi connectivity index (χ1v) is 8.21.